The molecule has 2 heterocycles. The number of halogens is 2. The molecule has 204 valence electrons. The number of amides is 1. The topological polar surface area (TPSA) is 32.3 Å². The largest absolute Gasteiger partial charge is 0.383 e. The molecule has 5 heteroatoms. The lowest BCUT2D eigenvalue weighted by atomic mass is 9.73. The maximum Gasteiger partial charge on any atom is 0.222 e. The first-order valence-electron chi connectivity index (χ1n) is 14.8. The molecule has 1 unspecified atom stereocenters. The first kappa shape index (κ1) is 28.9. The molecule has 1 saturated heterocycles. The van der Waals surface area contributed by atoms with Crippen LogP contribution in [0.1, 0.15) is 101 Å². The molecule has 37 heavy (non-hydrogen) atoms. The van der Waals surface area contributed by atoms with Gasteiger partial charge in [-0.2, -0.15) is 0 Å². The Morgan fingerprint density at radius 2 is 1.68 bits per heavy atom. The number of nitrogens with zero attached hydrogens (tertiary/aromatic N) is 1. The van der Waals surface area contributed by atoms with E-state index in [1.165, 1.54) is 58.8 Å². The van der Waals surface area contributed by atoms with E-state index in [0.717, 1.165) is 55.6 Å². The fourth-order valence-corrected chi connectivity index (χ4v) is 8.54. The van der Waals surface area contributed by atoms with Crippen LogP contribution in [0.15, 0.2) is 38.9 Å². The van der Waals surface area contributed by atoms with Gasteiger partial charge in [0.25, 0.3) is 0 Å². The Kier molecular flexibility index (Phi) is 10.4. The third-order valence-electron chi connectivity index (χ3n) is 9.27. The van der Waals surface area contributed by atoms with Crippen molar-refractivity contribution in [2.45, 2.75) is 104 Å². The second kappa shape index (κ2) is 13.3. The van der Waals surface area contributed by atoms with Crippen LogP contribution >= 0.6 is 31.9 Å². The SMILES string of the molecule is CC.CCC1CCC(CC(=O)N2CCC([C@@H]3c4c(Br)cc(C)cc4CCC4=CC(Br)=CNC43)CC2)CC1. The Morgan fingerprint density at radius 3 is 2.35 bits per heavy atom. The maximum absolute atomic E-state index is 13.2. The van der Waals surface area contributed by atoms with Crippen LogP contribution in [0.5, 0.6) is 0 Å². The van der Waals surface area contributed by atoms with Gasteiger partial charge in [0.05, 0.1) is 6.04 Å². The summed E-state index contributed by atoms with van der Waals surface area (Å²) in [5, 5.41) is 3.76. The summed E-state index contributed by atoms with van der Waals surface area (Å²) in [5.41, 5.74) is 5.83. The van der Waals surface area contributed by atoms with Gasteiger partial charge in [0, 0.05) is 40.6 Å². The number of carbonyl (C=O) groups is 1. The van der Waals surface area contributed by atoms with E-state index < -0.39 is 0 Å². The molecule has 0 bridgehead atoms. The Labute approximate surface area is 242 Å². The van der Waals surface area contributed by atoms with Crippen LogP contribution in [-0.2, 0) is 11.2 Å². The number of rotatable bonds is 4. The van der Waals surface area contributed by atoms with Crippen LogP contribution < -0.4 is 5.32 Å². The zero-order valence-corrected chi connectivity index (χ0v) is 26.5. The predicted molar refractivity (Wildman–Crippen MR) is 163 cm³/mol. The van der Waals surface area contributed by atoms with Crippen molar-refractivity contribution in [3.8, 4) is 0 Å². The Morgan fingerprint density at radius 1 is 1.00 bits per heavy atom. The number of aryl methyl sites for hydroxylation is 2. The van der Waals surface area contributed by atoms with Gasteiger partial charge in [-0.15, -0.1) is 0 Å². The molecule has 1 N–H and O–H groups in total. The summed E-state index contributed by atoms with van der Waals surface area (Å²) in [5.74, 6) is 2.91. The summed E-state index contributed by atoms with van der Waals surface area (Å²) < 4.78 is 2.40. The van der Waals surface area contributed by atoms with Crippen LogP contribution in [0.3, 0.4) is 0 Å². The predicted octanol–water partition coefficient (Wildman–Crippen LogP) is 8.79. The third-order valence-corrected chi connectivity index (χ3v) is 10.4. The second-order valence-electron chi connectivity index (χ2n) is 11.5. The molecule has 4 aliphatic rings. The third kappa shape index (κ3) is 6.75. The summed E-state index contributed by atoms with van der Waals surface area (Å²) in [6.45, 7) is 10.3. The van der Waals surface area contributed by atoms with Gasteiger partial charge >= 0.3 is 0 Å². The zero-order valence-electron chi connectivity index (χ0n) is 23.3. The van der Waals surface area contributed by atoms with Crippen molar-refractivity contribution in [1.82, 2.24) is 10.2 Å². The van der Waals surface area contributed by atoms with Gasteiger partial charge in [-0.1, -0.05) is 62.0 Å². The van der Waals surface area contributed by atoms with Crippen LogP contribution in [-0.4, -0.2) is 29.9 Å². The Hall–Kier alpha value is -1.07. The van der Waals surface area contributed by atoms with E-state index in [1.54, 1.807) is 0 Å². The molecule has 1 aromatic rings. The fraction of sp³-hybridized carbons (Fsp3) is 0.656. The normalized spacial score (nSPS) is 27.9. The molecule has 1 amide bonds. The van der Waals surface area contributed by atoms with E-state index in [4.69, 9.17) is 0 Å². The van der Waals surface area contributed by atoms with Crippen molar-refractivity contribution in [2.24, 2.45) is 17.8 Å². The van der Waals surface area contributed by atoms with Crippen molar-refractivity contribution in [1.29, 1.82) is 0 Å². The molecule has 0 radical (unpaired) electrons. The molecule has 2 aliphatic carbocycles. The average molecular weight is 635 g/mol. The number of hydrogen-bond donors (Lipinski definition) is 1. The average Bonchev–Trinajstić information content (AvgIpc) is 3.07. The number of nitrogens with one attached hydrogen (secondary N) is 1. The molecule has 5 rings (SSSR count). The van der Waals surface area contributed by atoms with Crippen LogP contribution in [0.25, 0.3) is 0 Å². The van der Waals surface area contributed by atoms with E-state index in [9.17, 15) is 4.79 Å². The van der Waals surface area contributed by atoms with E-state index in [1.807, 2.05) is 13.8 Å². The van der Waals surface area contributed by atoms with Crippen molar-refractivity contribution < 1.29 is 4.79 Å². The fourth-order valence-electron chi connectivity index (χ4n) is 7.23. The summed E-state index contributed by atoms with van der Waals surface area (Å²) in [6.07, 6.45) is 16.0. The quantitative estimate of drug-likeness (QED) is 0.359. The Bertz CT molecular complexity index is 1000. The number of likely N-dealkylation sites (tertiary alicyclic amines) is 1. The lowest BCUT2D eigenvalue weighted by Crippen LogP contribution is -2.44. The molecule has 2 atom stereocenters. The van der Waals surface area contributed by atoms with Crippen molar-refractivity contribution >= 4 is 37.8 Å². The number of dihydropyridines is 1. The van der Waals surface area contributed by atoms with E-state index in [2.05, 4.69) is 80.3 Å². The second-order valence-corrected chi connectivity index (χ2v) is 13.2. The van der Waals surface area contributed by atoms with Gasteiger partial charge in [0.1, 0.15) is 0 Å². The molecule has 1 aromatic carbocycles. The van der Waals surface area contributed by atoms with E-state index in [0.29, 0.717) is 29.7 Å². The summed E-state index contributed by atoms with van der Waals surface area (Å²) in [6, 6.07) is 5.03. The number of hydrogen-bond acceptors (Lipinski definition) is 2. The Balaban J connectivity index is 0.00000156. The molecule has 0 aromatic heterocycles. The minimum absolute atomic E-state index is 0.331. The highest BCUT2D eigenvalue weighted by Crippen LogP contribution is 2.46. The number of fused-ring (bicyclic) bond motifs is 2. The van der Waals surface area contributed by atoms with Crippen molar-refractivity contribution in [2.75, 3.05) is 13.1 Å². The lowest BCUT2D eigenvalue weighted by molar-refractivity contribution is -0.134. The number of benzene rings is 1. The molecule has 1 saturated carbocycles. The van der Waals surface area contributed by atoms with Gasteiger partial charge in [-0.3, -0.25) is 4.79 Å². The van der Waals surface area contributed by atoms with Crippen LogP contribution in [0.4, 0.5) is 0 Å². The molecule has 2 fully saturated rings. The standard InChI is InChI=1S/C30H40Br2N2O.C2H6/c1-3-20-4-6-21(7-5-20)16-27(35)34-12-10-22(11-13-34)29-28-23(14-19(2)15-26(28)32)8-9-24-17-25(31)18-33-30(24)29;1-2/h14-15,17-18,20-22,29-30,33H,3-13,16H2,1-2H3;1-2H3/t20?,21?,29-,30?;/m1./s1. The van der Waals surface area contributed by atoms with Crippen LogP contribution in [0.2, 0.25) is 0 Å². The highest BCUT2D eigenvalue weighted by atomic mass is 79.9. The smallest absolute Gasteiger partial charge is 0.222 e. The van der Waals surface area contributed by atoms with E-state index >= 15 is 0 Å². The molecule has 3 nitrogen and oxygen atoms in total. The highest BCUT2D eigenvalue weighted by molar-refractivity contribution is 9.12. The van der Waals surface area contributed by atoms with Gasteiger partial charge in [-0.25, -0.2) is 0 Å². The number of allylic oxidation sites excluding steroid dienone is 2. The number of piperidine rings is 1. The maximum atomic E-state index is 13.2. The summed E-state index contributed by atoms with van der Waals surface area (Å²) in [7, 11) is 0. The van der Waals surface area contributed by atoms with Gasteiger partial charge in [0.2, 0.25) is 5.91 Å². The molecule has 0 spiro atoms. The summed E-state index contributed by atoms with van der Waals surface area (Å²) in [4.78, 5) is 15.4. The summed E-state index contributed by atoms with van der Waals surface area (Å²) >= 11 is 7.66. The van der Waals surface area contributed by atoms with Crippen molar-refractivity contribution in [3.63, 3.8) is 0 Å². The van der Waals surface area contributed by atoms with Gasteiger partial charge in [-0.05, 0) is 114 Å². The first-order chi connectivity index (χ1) is 17.9. The van der Waals surface area contributed by atoms with Gasteiger partial charge < -0.3 is 10.2 Å². The number of carbonyl (C=O) groups excluding carboxylic acids is 1. The minimum atomic E-state index is 0.331. The monoisotopic (exact) mass is 632 g/mol. The zero-order chi connectivity index (χ0) is 26.5. The van der Waals surface area contributed by atoms with Crippen LogP contribution in [0, 0.1) is 24.7 Å². The molecular weight excluding hydrogens is 588 g/mol. The highest BCUT2D eigenvalue weighted by Gasteiger charge is 2.40. The first-order valence-corrected chi connectivity index (χ1v) is 16.4. The van der Waals surface area contributed by atoms with E-state index in [-0.39, 0.29) is 0 Å². The van der Waals surface area contributed by atoms with Gasteiger partial charge in [0.15, 0.2) is 0 Å². The molecule has 2 aliphatic heterocycles. The van der Waals surface area contributed by atoms with Crippen molar-refractivity contribution in [3.05, 3.63) is 55.6 Å². The lowest BCUT2D eigenvalue weighted by Gasteiger charge is -2.41. The minimum Gasteiger partial charge on any atom is -0.383 e. The molecular formula is C32H46Br2N2O.